The van der Waals surface area contributed by atoms with Crippen molar-refractivity contribution in [3.05, 3.63) is 23.8 Å². The highest BCUT2D eigenvalue weighted by atomic mass is 16.3. The number of piperazine rings is 1. The number of phenols is 1. The van der Waals surface area contributed by atoms with Crippen molar-refractivity contribution in [3.8, 4) is 5.75 Å². The van der Waals surface area contributed by atoms with Gasteiger partial charge in [0.25, 0.3) is 0 Å². The number of nitrogens with zero attached hydrogens (tertiary/aromatic N) is 1. The number of phenolic OH excluding ortho intramolecular Hbond substituents is 1. The number of aliphatic hydroxyl groups excluding tert-OH is 1. The van der Waals surface area contributed by atoms with Crippen molar-refractivity contribution >= 4 is 5.69 Å². The molecule has 0 bridgehead atoms. The molecule has 16 heavy (non-hydrogen) atoms. The fourth-order valence-electron chi connectivity index (χ4n) is 2.08. The summed E-state index contributed by atoms with van der Waals surface area (Å²) in [4.78, 5) is 2.18. The third kappa shape index (κ3) is 2.13. The fourth-order valence-corrected chi connectivity index (χ4v) is 2.08. The zero-order valence-electron chi connectivity index (χ0n) is 9.48. The summed E-state index contributed by atoms with van der Waals surface area (Å²) in [6.07, 6.45) is 0. The number of nitrogens with one attached hydrogen (secondary N) is 1. The lowest BCUT2D eigenvalue weighted by molar-refractivity contribution is 0.246. The van der Waals surface area contributed by atoms with Gasteiger partial charge in [-0.05, 0) is 30.7 Å². The predicted molar refractivity (Wildman–Crippen MR) is 63.9 cm³/mol. The van der Waals surface area contributed by atoms with Crippen LogP contribution in [0.5, 0.6) is 5.75 Å². The lowest BCUT2D eigenvalue weighted by Gasteiger charge is -2.37. The van der Waals surface area contributed by atoms with Gasteiger partial charge in [0, 0.05) is 25.3 Å². The van der Waals surface area contributed by atoms with Gasteiger partial charge in [-0.1, -0.05) is 0 Å². The lowest BCUT2D eigenvalue weighted by atomic mass is 10.1. The molecular weight excluding hydrogens is 204 g/mol. The number of benzene rings is 1. The summed E-state index contributed by atoms with van der Waals surface area (Å²) >= 11 is 0. The molecule has 1 fully saturated rings. The van der Waals surface area contributed by atoms with Crippen molar-refractivity contribution in [1.29, 1.82) is 0 Å². The Morgan fingerprint density at radius 2 is 2.31 bits per heavy atom. The maximum Gasteiger partial charge on any atom is 0.118 e. The van der Waals surface area contributed by atoms with Gasteiger partial charge >= 0.3 is 0 Å². The van der Waals surface area contributed by atoms with Gasteiger partial charge in [0.2, 0.25) is 0 Å². The first-order valence-corrected chi connectivity index (χ1v) is 5.60. The Kier molecular flexibility index (Phi) is 3.31. The Bertz CT molecular complexity index is 368. The number of rotatable bonds is 2. The molecule has 1 aromatic carbocycles. The Labute approximate surface area is 95.5 Å². The number of anilines is 1. The van der Waals surface area contributed by atoms with E-state index in [2.05, 4.69) is 10.2 Å². The minimum Gasteiger partial charge on any atom is -0.508 e. The molecule has 0 amide bonds. The van der Waals surface area contributed by atoms with Crippen molar-refractivity contribution in [2.24, 2.45) is 0 Å². The molecular formula is C12H18N2O2. The van der Waals surface area contributed by atoms with E-state index in [4.69, 9.17) is 0 Å². The molecule has 1 unspecified atom stereocenters. The van der Waals surface area contributed by atoms with Crippen LogP contribution in [0.3, 0.4) is 0 Å². The SMILES string of the molecule is Cc1cc(N2CCNCC2CO)ccc1O. The van der Waals surface area contributed by atoms with Gasteiger partial charge in [0.1, 0.15) is 5.75 Å². The summed E-state index contributed by atoms with van der Waals surface area (Å²) in [5.41, 5.74) is 1.93. The molecule has 0 saturated carbocycles. The second kappa shape index (κ2) is 4.72. The molecule has 1 aromatic rings. The maximum atomic E-state index is 9.48. The van der Waals surface area contributed by atoms with E-state index in [0.717, 1.165) is 30.9 Å². The van der Waals surface area contributed by atoms with Crippen LogP contribution in [0.2, 0.25) is 0 Å². The van der Waals surface area contributed by atoms with E-state index in [-0.39, 0.29) is 12.6 Å². The maximum absolute atomic E-state index is 9.48. The van der Waals surface area contributed by atoms with Gasteiger partial charge in [-0.3, -0.25) is 0 Å². The van der Waals surface area contributed by atoms with Crippen LogP contribution in [0.4, 0.5) is 5.69 Å². The summed E-state index contributed by atoms with van der Waals surface area (Å²) < 4.78 is 0. The zero-order valence-corrected chi connectivity index (χ0v) is 9.48. The number of hydrogen-bond acceptors (Lipinski definition) is 4. The number of aryl methyl sites for hydroxylation is 1. The first kappa shape index (κ1) is 11.2. The molecule has 0 radical (unpaired) electrons. The molecule has 4 nitrogen and oxygen atoms in total. The second-order valence-electron chi connectivity index (χ2n) is 4.20. The van der Waals surface area contributed by atoms with Crippen LogP contribution in [0.25, 0.3) is 0 Å². The molecule has 1 saturated heterocycles. The first-order chi connectivity index (χ1) is 7.72. The van der Waals surface area contributed by atoms with Gasteiger partial charge in [0.15, 0.2) is 0 Å². The molecule has 0 aromatic heterocycles. The van der Waals surface area contributed by atoms with E-state index < -0.39 is 0 Å². The van der Waals surface area contributed by atoms with Gasteiger partial charge in [-0.15, -0.1) is 0 Å². The van der Waals surface area contributed by atoms with E-state index in [1.165, 1.54) is 0 Å². The normalized spacial score (nSPS) is 21.1. The van der Waals surface area contributed by atoms with Crippen LogP contribution in [0.15, 0.2) is 18.2 Å². The Morgan fingerprint density at radius 3 is 3.00 bits per heavy atom. The number of aromatic hydroxyl groups is 1. The van der Waals surface area contributed by atoms with Crippen molar-refractivity contribution in [1.82, 2.24) is 5.32 Å². The molecule has 0 spiro atoms. The monoisotopic (exact) mass is 222 g/mol. The summed E-state index contributed by atoms with van der Waals surface area (Å²) in [6.45, 7) is 4.64. The van der Waals surface area contributed by atoms with E-state index in [0.29, 0.717) is 5.75 Å². The van der Waals surface area contributed by atoms with Crippen LogP contribution >= 0.6 is 0 Å². The molecule has 0 aliphatic carbocycles. The molecule has 1 heterocycles. The summed E-state index contributed by atoms with van der Waals surface area (Å²) in [7, 11) is 0. The molecule has 1 aliphatic rings. The zero-order chi connectivity index (χ0) is 11.5. The molecule has 4 heteroatoms. The largest absolute Gasteiger partial charge is 0.508 e. The Morgan fingerprint density at radius 1 is 1.50 bits per heavy atom. The van der Waals surface area contributed by atoms with Crippen molar-refractivity contribution in [2.45, 2.75) is 13.0 Å². The van der Waals surface area contributed by atoms with E-state index in [9.17, 15) is 10.2 Å². The quantitative estimate of drug-likeness (QED) is 0.681. The average molecular weight is 222 g/mol. The number of aliphatic hydroxyl groups is 1. The highest BCUT2D eigenvalue weighted by molar-refractivity contribution is 5.53. The fraction of sp³-hybridized carbons (Fsp3) is 0.500. The smallest absolute Gasteiger partial charge is 0.118 e. The molecule has 3 N–H and O–H groups in total. The number of hydrogen-bond donors (Lipinski definition) is 3. The molecule has 1 atom stereocenters. The lowest BCUT2D eigenvalue weighted by Crippen LogP contribution is -2.53. The summed E-state index contributed by atoms with van der Waals surface area (Å²) in [5.74, 6) is 0.319. The minimum atomic E-state index is 0.123. The standard InChI is InChI=1S/C12H18N2O2/c1-9-6-10(2-3-12(9)16)14-5-4-13-7-11(14)8-15/h2-3,6,11,13,15-16H,4-5,7-8H2,1H3. The second-order valence-corrected chi connectivity index (χ2v) is 4.20. The molecule has 1 aliphatic heterocycles. The van der Waals surface area contributed by atoms with Gasteiger partial charge in [-0.25, -0.2) is 0 Å². The third-order valence-corrected chi connectivity index (χ3v) is 3.07. The van der Waals surface area contributed by atoms with Gasteiger partial charge in [0.05, 0.1) is 12.6 Å². The van der Waals surface area contributed by atoms with Crippen LogP contribution in [0.1, 0.15) is 5.56 Å². The Hall–Kier alpha value is -1.26. The average Bonchev–Trinajstić information content (AvgIpc) is 2.32. The van der Waals surface area contributed by atoms with Crippen LogP contribution < -0.4 is 10.2 Å². The van der Waals surface area contributed by atoms with Crippen LogP contribution in [-0.2, 0) is 0 Å². The summed E-state index contributed by atoms with van der Waals surface area (Å²) in [5, 5.41) is 22.1. The van der Waals surface area contributed by atoms with Crippen LogP contribution in [0, 0.1) is 6.92 Å². The third-order valence-electron chi connectivity index (χ3n) is 3.07. The molecule has 2 rings (SSSR count). The minimum absolute atomic E-state index is 0.123. The van der Waals surface area contributed by atoms with Crippen molar-refractivity contribution < 1.29 is 10.2 Å². The van der Waals surface area contributed by atoms with Gasteiger partial charge < -0.3 is 20.4 Å². The summed E-state index contributed by atoms with van der Waals surface area (Å²) in [6, 6.07) is 5.69. The van der Waals surface area contributed by atoms with Crippen molar-refractivity contribution in [3.63, 3.8) is 0 Å². The van der Waals surface area contributed by atoms with Crippen LogP contribution in [-0.4, -0.2) is 42.5 Å². The Balaban J connectivity index is 2.23. The molecule has 88 valence electrons. The van der Waals surface area contributed by atoms with Crippen molar-refractivity contribution in [2.75, 3.05) is 31.1 Å². The van der Waals surface area contributed by atoms with E-state index in [1.54, 1.807) is 6.07 Å². The van der Waals surface area contributed by atoms with Gasteiger partial charge in [-0.2, -0.15) is 0 Å². The van der Waals surface area contributed by atoms with E-state index in [1.807, 2.05) is 19.1 Å². The van der Waals surface area contributed by atoms with E-state index >= 15 is 0 Å². The predicted octanol–water partition coefficient (Wildman–Crippen LogP) is 0.471. The highest BCUT2D eigenvalue weighted by Crippen LogP contribution is 2.25. The topological polar surface area (TPSA) is 55.7 Å². The first-order valence-electron chi connectivity index (χ1n) is 5.60. The highest BCUT2D eigenvalue weighted by Gasteiger charge is 2.21.